The minimum absolute atomic E-state index is 0.150. The predicted molar refractivity (Wildman–Crippen MR) is 110 cm³/mol. The van der Waals surface area contributed by atoms with Gasteiger partial charge in [0.2, 0.25) is 15.9 Å². The number of furan rings is 1. The van der Waals surface area contributed by atoms with Crippen molar-refractivity contribution in [2.45, 2.75) is 26.7 Å². The molecule has 7 heteroatoms. The summed E-state index contributed by atoms with van der Waals surface area (Å²) in [6.07, 6.45) is 2.47. The van der Waals surface area contributed by atoms with Gasteiger partial charge in [0.05, 0.1) is 24.1 Å². The number of aryl methyl sites for hydroxylation is 2. The number of hydrogen-bond donors (Lipinski definition) is 1. The number of amides is 1. The zero-order chi connectivity index (χ0) is 19.9. The molecule has 1 aliphatic rings. The summed E-state index contributed by atoms with van der Waals surface area (Å²) < 4.78 is 31.0. The second-order valence-electron chi connectivity index (χ2n) is 7.21. The van der Waals surface area contributed by atoms with Crippen molar-refractivity contribution in [3.63, 3.8) is 0 Å². The van der Waals surface area contributed by atoms with Crippen molar-refractivity contribution in [1.82, 2.24) is 0 Å². The van der Waals surface area contributed by atoms with Crippen LogP contribution in [-0.4, -0.2) is 26.6 Å². The van der Waals surface area contributed by atoms with Crippen LogP contribution in [0.25, 0.3) is 11.0 Å². The fourth-order valence-electron chi connectivity index (χ4n) is 3.49. The first-order chi connectivity index (χ1) is 13.3. The van der Waals surface area contributed by atoms with E-state index >= 15 is 0 Å². The van der Waals surface area contributed by atoms with Crippen LogP contribution in [-0.2, 0) is 21.2 Å². The Morgan fingerprint density at radius 2 is 1.86 bits per heavy atom. The molecule has 2 heterocycles. The van der Waals surface area contributed by atoms with Gasteiger partial charge in [-0.3, -0.25) is 9.10 Å². The molecule has 1 amide bonds. The van der Waals surface area contributed by atoms with E-state index in [9.17, 15) is 13.2 Å². The molecule has 1 fully saturated rings. The van der Waals surface area contributed by atoms with Crippen LogP contribution in [0.15, 0.2) is 47.1 Å². The number of anilines is 2. The van der Waals surface area contributed by atoms with Crippen LogP contribution in [0.5, 0.6) is 0 Å². The van der Waals surface area contributed by atoms with E-state index in [1.165, 1.54) is 4.31 Å². The number of carbonyl (C=O) groups excluding carboxylic acids is 1. The molecule has 0 unspecified atom stereocenters. The lowest BCUT2D eigenvalue weighted by molar-refractivity contribution is -0.115. The van der Waals surface area contributed by atoms with Crippen molar-refractivity contribution in [2.24, 2.45) is 0 Å². The van der Waals surface area contributed by atoms with Crippen LogP contribution >= 0.6 is 0 Å². The van der Waals surface area contributed by atoms with Crippen LogP contribution in [0.3, 0.4) is 0 Å². The van der Waals surface area contributed by atoms with E-state index in [-0.39, 0.29) is 18.1 Å². The minimum atomic E-state index is -3.20. The quantitative estimate of drug-likeness (QED) is 0.725. The van der Waals surface area contributed by atoms with E-state index in [4.69, 9.17) is 4.42 Å². The summed E-state index contributed by atoms with van der Waals surface area (Å²) in [7, 11) is -3.20. The Balaban J connectivity index is 1.46. The molecule has 0 atom stereocenters. The average molecular weight is 398 g/mol. The molecule has 1 aromatic heterocycles. The Kier molecular flexibility index (Phi) is 4.63. The van der Waals surface area contributed by atoms with Crippen molar-refractivity contribution >= 4 is 38.3 Å². The van der Waals surface area contributed by atoms with Crippen molar-refractivity contribution in [1.29, 1.82) is 0 Å². The molecule has 1 aliphatic heterocycles. The van der Waals surface area contributed by atoms with Gasteiger partial charge in [0, 0.05) is 23.2 Å². The third kappa shape index (κ3) is 3.49. The normalized spacial score (nSPS) is 15.9. The Hall–Kier alpha value is -2.80. The lowest BCUT2D eigenvalue weighted by Gasteiger charge is -2.17. The van der Waals surface area contributed by atoms with Crippen molar-refractivity contribution in [3.8, 4) is 0 Å². The highest BCUT2D eigenvalue weighted by molar-refractivity contribution is 7.93. The highest BCUT2D eigenvalue weighted by Gasteiger charge is 2.28. The van der Waals surface area contributed by atoms with Crippen LogP contribution in [0, 0.1) is 13.8 Å². The first kappa shape index (κ1) is 18.6. The fraction of sp³-hybridized carbons (Fsp3) is 0.286. The molecule has 0 bridgehead atoms. The number of hydrogen-bond acceptors (Lipinski definition) is 4. The Bertz CT molecular complexity index is 1150. The first-order valence-electron chi connectivity index (χ1n) is 9.21. The SMILES string of the molecule is Cc1cc2occ(CC(=O)Nc3ccc(N4CCCS4(=O)=O)cc3)c2cc1C. The molecular formula is C21H22N2O4S. The standard InChI is InChI=1S/C21H22N2O4S/c1-14-10-19-16(13-27-20(19)11-15(14)2)12-21(24)22-17-4-6-18(7-5-17)23-8-3-9-28(23,25)26/h4-7,10-11,13H,3,8-9,12H2,1-2H3,(H,22,24). The first-order valence-corrected chi connectivity index (χ1v) is 10.8. The third-order valence-electron chi connectivity index (χ3n) is 5.16. The van der Waals surface area contributed by atoms with Crippen LogP contribution in [0.4, 0.5) is 11.4 Å². The highest BCUT2D eigenvalue weighted by atomic mass is 32.2. The number of fused-ring (bicyclic) bond motifs is 1. The van der Waals surface area contributed by atoms with E-state index in [2.05, 4.69) is 5.32 Å². The summed E-state index contributed by atoms with van der Waals surface area (Å²) in [5.41, 5.74) is 5.19. The maximum atomic E-state index is 12.5. The highest BCUT2D eigenvalue weighted by Crippen LogP contribution is 2.27. The van der Waals surface area contributed by atoms with Crippen LogP contribution in [0.2, 0.25) is 0 Å². The summed E-state index contributed by atoms with van der Waals surface area (Å²) in [6.45, 7) is 4.56. The van der Waals surface area contributed by atoms with Gasteiger partial charge in [-0.1, -0.05) is 0 Å². The topological polar surface area (TPSA) is 79.6 Å². The number of carbonyl (C=O) groups is 1. The van der Waals surface area contributed by atoms with Gasteiger partial charge >= 0.3 is 0 Å². The Labute approximate surface area is 164 Å². The molecular weight excluding hydrogens is 376 g/mol. The summed E-state index contributed by atoms with van der Waals surface area (Å²) in [6, 6.07) is 10.9. The zero-order valence-electron chi connectivity index (χ0n) is 15.9. The van der Waals surface area contributed by atoms with Gasteiger partial charge in [-0.2, -0.15) is 0 Å². The van der Waals surface area contributed by atoms with Gasteiger partial charge in [-0.05, 0) is 67.8 Å². The summed E-state index contributed by atoms with van der Waals surface area (Å²) in [5.74, 6) is 0.0332. The molecule has 4 rings (SSSR count). The van der Waals surface area contributed by atoms with Crippen LogP contribution in [0.1, 0.15) is 23.1 Å². The number of benzene rings is 2. The van der Waals surface area contributed by atoms with Gasteiger partial charge in [0.25, 0.3) is 0 Å². The summed E-state index contributed by atoms with van der Waals surface area (Å²) in [5, 5.41) is 3.81. The maximum absolute atomic E-state index is 12.5. The molecule has 0 radical (unpaired) electrons. The van der Waals surface area contributed by atoms with E-state index in [0.717, 1.165) is 27.7 Å². The van der Waals surface area contributed by atoms with E-state index in [1.54, 1.807) is 30.5 Å². The largest absolute Gasteiger partial charge is 0.464 e. The second-order valence-corrected chi connectivity index (χ2v) is 9.22. The van der Waals surface area contributed by atoms with Gasteiger partial charge in [0.15, 0.2) is 0 Å². The molecule has 146 valence electrons. The van der Waals surface area contributed by atoms with Gasteiger partial charge in [-0.15, -0.1) is 0 Å². The molecule has 2 aromatic carbocycles. The maximum Gasteiger partial charge on any atom is 0.235 e. The van der Waals surface area contributed by atoms with Crippen molar-refractivity contribution in [2.75, 3.05) is 21.9 Å². The molecule has 1 N–H and O–H groups in total. The van der Waals surface area contributed by atoms with Gasteiger partial charge < -0.3 is 9.73 Å². The van der Waals surface area contributed by atoms with E-state index in [0.29, 0.717) is 24.3 Å². The number of nitrogens with one attached hydrogen (secondary N) is 1. The smallest absolute Gasteiger partial charge is 0.235 e. The van der Waals surface area contributed by atoms with E-state index < -0.39 is 10.0 Å². The minimum Gasteiger partial charge on any atom is -0.464 e. The second kappa shape index (κ2) is 6.98. The fourth-order valence-corrected chi connectivity index (χ4v) is 5.06. The van der Waals surface area contributed by atoms with Crippen molar-refractivity contribution in [3.05, 3.63) is 59.4 Å². The van der Waals surface area contributed by atoms with Gasteiger partial charge in [-0.25, -0.2) is 8.42 Å². The lowest BCUT2D eigenvalue weighted by Crippen LogP contribution is -2.25. The molecule has 0 saturated carbocycles. The molecule has 0 aliphatic carbocycles. The molecule has 0 spiro atoms. The average Bonchev–Trinajstić information content (AvgIpc) is 3.19. The van der Waals surface area contributed by atoms with Crippen LogP contribution < -0.4 is 9.62 Å². The zero-order valence-corrected chi connectivity index (χ0v) is 16.7. The number of sulfonamides is 1. The number of rotatable bonds is 4. The monoisotopic (exact) mass is 398 g/mol. The number of nitrogens with zero attached hydrogens (tertiary/aromatic N) is 1. The predicted octanol–water partition coefficient (Wildman–Crippen LogP) is 3.77. The molecule has 3 aromatic rings. The lowest BCUT2D eigenvalue weighted by atomic mass is 10.0. The molecule has 1 saturated heterocycles. The summed E-state index contributed by atoms with van der Waals surface area (Å²) in [4.78, 5) is 12.5. The Morgan fingerprint density at radius 3 is 2.54 bits per heavy atom. The van der Waals surface area contributed by atoms with E-state index in [1.807, 2.05) is 26.0 Å². The van der Waals surface area contributed by atoms with Crippen molar-refractivity contribution < 1.29 is 17.6 Å². The van der Waals surface area contributed by atoms with Gasteiger partial charge in [0.1, 0.15) is 5.58 Å². The summed E-state index contributed by atoms with van der Waals surface area (Å²) >= 11 is 0. The Morgan fingerprint density at radius 1 is 1.14 bits per heavy atom. The third-order valence-corrected chi connectivity index (χ3v) is 7.03. The molecule has 28 heavy (non-hydrogen) atoms. The molecule has 6 nitrogen and oxygen atoms in total.